The number of rotatable bonds is 2. The number of para-hydroxylation sites is 1. The summed E-state index contributed by atoms with van der Waals surface area (Å²) in [6, 6.07) is 10.9. The molecule has 0 aliphatic carbocycles. The Morgan fingerprint density at radius 2 is 2.00 bits per heavy atom. The molecular formula is C15H14FNO. The molecule has 0 fully saturated rings. The van der Waals surface area contributed by atoms with Crippen molar-refractivity contribution in [2.45, 2.75) is 20.1 Å². The van der Waals surface area contributed by atoms with E-state index >= 15 is 0 Å². The third kappa shape index (κ3) is 1.44. The Bertz CT molecular complexity index is 730. The summed E-state index contributed by atoms with van der Waals surface area (Å²) in [5, 5.41) is 11.1. The lowest BCUT2D eigenvalue weighted by Crippen LogP contribution is -1.95. The molecule has 0 bridgehead atoms. The van der Waals surface area contributed by atoms with E-state index in [4.69, 9.17) is 0 Å². The number of hydrogen-bond acceptors (Lipinski definition) is 1. The lowest BCUT2D eigenvalue weighted by Gasteiger charge is -2.03. The molecule has 3 aromatic rings. The molecule has 0 saturated carbocycles. The first-order chi connectivity index (χ1) is 8.76. The zero-order valence-electron chi connectivity index (χ0n) is 10.2. The van der Waals surface area contributed by atoms with Gasteiger partial charge in [0.05, 0.1) is 12.1 Å². The molecule has 2 aromatic carbocycles. The highest BCUT2D eigenvalue weighted by atomic mass is 19.1. The Kier molecular flexibility index (Phi) is 2.56. The average molecular weight is 243 g/mol. The summed E-state index contributed by atoms with van der Waals surface area (Å²) in [6.07, 6.45) is 0. The summed E-state index contributed by atoms with van der Waals surface area (Å²) in [5.74, 6) is -0.198. The van der Waals surface area contributed by atoms with Gasteiger partial charge in [-0.05, 0) is 30.7 Å². The first kappa shape index (κ1) is 11.2. The normalized spacial score (nSPS) is 11.5. The minimum atomic E-state index is -0.198. The zero-order chi connectivity index (χ0) is 12.7. The monoisotopic (exact) mass is 243 g/mol. The van der Waals surface area contributed by atoms with Crippen molar-refractivity contribution in [2.75, 3.05) is 0 Å². The van der Waals surface area contributed by atoms with Crippen molar-refractivity contribution in [3.8, 4) is 0 Å². The highest BCUT2D eigenvalue weighted by molar-refractivity contribution is 6.08. The van der Waals surface area contributed by atoms with Gasteiger partial charge in [-0.3, -0.25) is 0 Å². The molecule has 2 nitrogen and oxygen atoms in total. The van der Waals surface area contributed by atoms with Crippen LogP contribution in [-0.4, -0.2) is 9.67 Å². The smallest absolute Gasteiger partial charge is 0.147 e. The minimum absolute atomic E-state index is 0.00402. The molecular weight excluding hydrogens is 229 g/mol. The van der Waals surface area contributed by atoms with Crippen molar-refractivity contribution in [3.05, 3.63) is 47.8 Å². The fraction of sp³-hybridized carbons (Fsp3) is 0.200. The van der Waals surface area contributed by atoms with Gasteiger partial charge in [-0.2, -0.15) is 0 Å². The summed E-state index contributed by atoms with van der Waals surface area (Å²) in [5.41, 5.74) is 2.50. The average Bonchev–Trinajstić information content (AvgIpc) is 2.73. The van der Waals surface area contributed by atoms with Gasteiger partial charge >= 0.3 is 0 Å². The van der Waals surface area contributed by atoms with E-state index in [0.717, 1.165) is 28.4 Å². The van der Waals surface area contributed by atoms with Crippen LogP contribution >= 0.6 is 0 Å². The van der Waals surface area contributed by atoms with Crippen LogP contribution in [0.3, 0.4) is 0 Å². The van der Waals surface area contributed by atoms with E-state index in [2.05, 4.69) is 0 Å². The van der Waals surface area contributed by atoms with Crippen molar-refractivity contribution in [3.63, 3.8) is 0 Å². The fourth-order valence-electron chi connectivity index (χ4n) is 2.59. The molecule has 0 spiro atoms. The van der Waals surface area contributed by atoms with Crippen LogP contribution in [0.4, 0.5) is 4.39 Å². The largest absolute Gasteiger partial charge is 0.392 e. The fourth-order valence-corrected chi connectivity index (χ4v) is 2.59. The van der Waals surface area contributed by atoms with Gasteiger partial charge in [0.1, 0.15) is 5.82 Å². The quantitative estimate of drug-likeness (QED) is 0.732. The molecule has 0 saturated heterocycles. The van der Waals surface area contributed by atoms with Gasteiger partial charge in [-0.15, -0.1) is 0 Å². The topological polar surface area (TPSA) is 25.2 Å². The van der Waals surface area contributed by atoms with Crippen LogP contribution in [0.25, 0.3) is 21.8 Å². The predicted octanol–water partition coefficient (Wildman–Crippen LogP) is 3.45. The number of hydrogen-bond donors (Lipinski definition) is 1. The number of aromatic nitrogens is 1. The second-order valence-corrected chi connectivity index (χ2v) is 4.39. The molecule has 0 amide bonds. The van der Waals surface area contributed by atoms with E-state index in [1.165, 1.54) is 6.07 Å². The van der Waals surface area contributed by atoms with E-state index in [1.54, 1.807) is 6.07 Å². The number of aliphatic hydroxyl groups excluding tert-OH is 1. The molecule has 0 unspecified atom stereocenters. The summed E-state index contributed by atoms with van der Waals surface area (Å²) >= 11 is 0. The Hall–Kier alpha value is -1.87. The molecule has 1 aromatic heterocycles. The van der Waals surface area contributed by atoms with Gasteiger partial charge < -0.3 is 9.67 Å². The summed E-state index contributed by atoms with van der Waals surface area (Å²) in [4.78, 5) is 0. The molecule has 92 valence electrons. The van der Waals surface area contributed by atoms with Crippen molar-refractivity contribution in [1.29, 1.82) is 0 Å². The Morgan fingerprint density at radius 1 is 1.17 bits per heavy atom. The molecule has 1 N–H and O–H groups in total. The maximum Gasteiger partial charge on any atom is 0.147 e. The van der Waals surface area contributed by atoms with Crippen LogP contribution in [0, 0.1) is 5.82 Å². The second kappa shape index (κ2) is 4.10. The third-order valence-corrected chi connectivity index (χ3v) is 3.40. The van der Waals surface area contributed by atoms with Gasteiger partial charge in [0.25, 0.3) is 0 Å². The Balaban J connectivity index is 2.53. The molecule has 0 aliphatic heterocycles. The Labute approximate surface area is 104 Å². The van der Waals surface area contributed by atoms with E-state index < -0.39 is 0 Å². The minimum Gasteiger partial charge on any atom is -0.392 e. The summed E-state index contributed by atoms with van der Waals surface area (Å²) in [6.45, 7) is 2.73. The van der Waals surface area contributed by atoms with Crippen molar-refractivity contribution >= 4 is 21.8 Å². The van der Waals surface area contributed by atoms with E-state index in [0.29, 0.717) is 5.52 Å². The molecule has 0 radical (unpaired) electrons. The van der Waals surface area contributed by atoms with Crippen molar-refractivity contribution < 1.29 is 9.50 Å². The molecule has 0 atom stereocenters. The van der Waals surface area contributed by atoms with E-state index in [1.807, 2.05) is 35.8 Å². The number of halogens is 1. The van der Waals surface area contributed by atoms with Gasteiger partial charge in [-0.1, -0.05) is 18.2 Å². The predicted molar refractivity (Wildman–Crippen MR) is 71.0 cm³/mol. The highest BCUT2D eigenvalue weighted by Gasteiger charge is 2.12. The van der Waals surface area contributed by atoms with Crippen LogP contribution < -0.4 is 0 Å². The first-order valence-electron chi connectivity index (χ1n) is 6.06. The number of aryl methyl sites for hydroxylation is 1. The van der Waals surface area contributed by atoms with Gasteiger partial charge in [-0.25, -0.2) is 4.39 Å². The van der Waals surface area contributed by atoms with E-state index in [9.17, 15) is 9.50 Å². The standard InChI is InChI=1S/C15H14FNO/c1-2-17-14-7-6-10(9-18)8-12(14)11-4-3-5-13(16)15(11)17/h3-8,18H,2,9H2,1H3. The molecule has 3 heteroatoms. The summed E-state index contributed by atoms with van der Waals surface area (Å²) in [7, 11) is 0. The SMILES string of the molecule is CCn1c2ccc(CO)cc2c2cccc(F)c21. The Morgan fingerprint density at radius 3 is 2.72 bits per heavy atom. The number of nitrogens with zero attached hydrogens (tertiary/aromatic N) is 1. The number of fused-ring (bicyclic) bond motifs is 3. The molecule has 1 heterocycles. The maximum atomic E-state index is 14.0. The second-order valence-electron chi connectivity index (χ2n) is 4.39. The van der Waals surface area contributed by atoms with Gasteiger partial charge in [0, 0.05) is 22.8 Å². The van der Waals surface area contributed by atoms with Crippen molar-refractivity contribution in [1.82, 2.24) is 4.57 Å². The number of aliphatic hydroxyl groups is 1. The molecule has 18 heavy (non-hydrogen) atoms. The van der Waals surface area contributed by atoms with Crippen LogP contribution in [-0.2, 0) is 13.2 Å². The first-order valence-corrected chi connectivity index (χ1v) is 6.06. The van der Waals surface area contributed by atoms with Gasteiger partial charge in [0.15, 0.2) is 0 Å². The highest BCUT2D eigenvalue weighted by Crippen LogP contribution is 2.31. The van der Waals surface area contributed by atoms with Crippen LogP contribution in [0.15, 0.2) is 36.4 Å². The van der Waals surface area contributed by atoms with E-state index in [-0.39, 0.29) is 12.4 Å². The van der Waals surface area contributed by atoms with Gasteiger partial charge in [0.2, 0.25) is 0 Å². The van der Waals surface area contributed by atoms with Crippen LogP contribution in [0.2, 0.25) is 0 Å². The zero-order valence-corrected chi connectivity index (χ0v) is 10.2. The van der Waals surface area contributed by atoms with Crippen LogP contribution in [0.5, 0.6) is 0 Å². The maximum absolute atomic E-state index is 14.0. The number of benzene rings is 2. The van der Waals surface area contributed by atoms with Crippen molar-refractivity contribution in [2.24, 2.45) is 0 Å². The third-order valence-electron chi connectivity index (χ3n) is 3.40. The molecule has 0 aliphatic rings. The van der Waals surface area contributed by atoms with Crippen LogP contribution in [0.1, 0.15) is 12.5 Å². The molecule has 3 rings (SSSR count). The summed E-state index contributed by atoms with van der Waals surface area (Å²) < 4.78 is 16.0. The lowest BCUT2D eigenvalue weighted by atomic mass is 10.1. The lowest BCUT2D eigenvalue weighted by molar-refractivity contribution is 0.282.